The number of amides is 1. The maximum absolute atomic E-state index is 11.9. The maximum Gasteiger partial charge on any atom is 0.229 e. The van der Waals surface area contributed by atoms with Gasteiger partial charge in [0.25, 0.3) is 0 Å². The maximum atomic E-state index is 11.9. The fourth-order valence-electron chi connectivity index (χ4n) is 1.70. The number of hydrogen-bond acceptors (Lipinski definition) is 4. The molecule has 1 heterocycles. The molecule has 1 aromatic rings. The Morgan fingerprint density at radius 2 is 1.89 bits per heavy atom. The minimum atomic E-state index is 0.0541. The number of carbonyl (C=O) groups is 1. The molecule has 4 nitrogen and oxygen atoms in total. The van der Waals surface area contributed by atoms with Gasteiger partial charge in [-0.25, -0.2) is 0 Å². The summed E-state index contributed by atoms with van der Waals surface area (Å²) >= 11 is 1.47. The van der Waals surface area contributed by atoms with E-state index in [2.05, 4.69) is 36.3 Å². The first-order chi connectivity index (χ1) is 8.35. The van der Waals surface area contributed by atoms with Gasteiger partial charge < -0.3 is 5.32 Å². The number of hydrogen-bond donors (Lipinski definition) is 1. The van der Waals surface area contributed by atoms with E-state index >= 15 is 0 Å². The summed E-state index contributed by atoms with van der Waals surface area (Å²) < 4.78 is 0. The van der Waals surface area contributed by atoms with Crippen molar-refractivity contribution in [2.75, 3.05) is 5.32 Å². The van der Waals surface area contributed by atoms with E-state index in [-0.39, 0.29) is 17.2 Å². The standard InChI is InChI=1S/C13H23N3OS/c1-6-9(7-2)11(17)14-12-16-15-10(18-12)8-13(3,4)5/h9H,6-8H2,1-5H3,(H,14,16,17). The fraction of sp³-hybridized carbons (Fsp3) is 0.769. The van der Waals surface area contributed by atoms with Gasteiger partial charge in [-0.05, 0) is 18.3 Å². The molecule has 0 aliphatic rings. The topological polar surface area (TPSA) is 54.9 Å². The van der Waals surface area contributed by atoms with E-state index in [4.69, 9.17) is 0 Å². The molecule has 1 aromatic heterocycles. The first-order valence-corrected chi connectivity index (χ1v) is 7.30. The molecule has 0 fully saturated rings. The predicted molar refractivity (Wildman–Crippen MR) is 75.8 cm³/mol. The molecule has 5 heteroatoms. The summed E-state index contributed by atoms with van der Waals surface area (Å²) in [6.45, 7) is 10.5. The first-order valence-electron chi connectivity index (χ1n) is 6.49. The zero-order chi connectivity index (χ0) is 13.8. The highest BCUT2D eigenvalue weighted by atomic mass is 32.1. The lowest BCUT2D eigenvalue weighted by Crippen LogP contribution is -2.21. The van der Waals surface area contributed by atoms with E-state index in [1.807, 2.05) is 13.8 Å². The molecule has 1 N–H and O–H groups in total. The molecule has 0 saturated carbocycles. The van der Waals surface area contributed by atoms with E-state index < -0.39 is 0 Å². The van der Waals surface area contributed by atoms with Crippen LogP contribution in [0.15, 0.2) is 0 Å². The highest BCUT2D eigenvalue weighted by Gasteiger charge is 2.18. The van der Waals surface area contributed by atoms with Gasteiger partial charge in [-0.2, -0.15) is 0 Å². The van der Waals surface area contributed by atoms with Crippen molar-refractivity contribution < 1.29 is 4.79 Å². The van der Waals surface area contributed by atoms with Gasteiger partial charge in [0.15, 0.2) is 0 Å². The zero-order valence-corrected chi connectivity index (χ0v) is 12.7. The summed E-state index contributed by atoms with van der Waals surface area (Å²) in [7, 11) is 0. The Morgan fingerprint density at radius 1 is 1.28 bits per heavy atom. The molecule has 0 atom stereocenters. The molecular formula is C13H23N3OS. The number of nitrogens with zero attached hydrogens (tertiary/aromatic N) is 2. The Bertz CT molecular complexity index is 391. The molecule has 18 heavy (non-hydrogen) atoms. The summed E-state index contributed by atoms with van der Waals surface area (Å²) in [5, 5.41) is 12.6. The molecule has 102 valence electrons. The average molecular weight is 269 g/mol. The number of nitrogens with one attached hydrogen (secondary N) is 1. The molecule has 0 aliphatic carbocycles. The molecule has 0 aliphatic heterocycles. The van der Waals surface area contributed by atoms with Gasteiger partial charge in [0, 0.05) is 12.3 Å². The minimum Gasteiger partial charge on any atom is -0.300 e. The van der Waals surface area contributed by atoms with Crippen molar-refractivity contribution in [1.29, 1.82) is 0 Å². The third kappa shape index (κ3) is 4.72. The van der Waals surface area contributed by atoms with E-state index in [9.17, 15) is 4.79 Å². The van der Waals surface area contributed by atoms with Gasteiger partial charge in [-0.1, -0.05) is 46.0 Å². The number of rotatable bonds is 5. The molecule has 0 unspecified atom stereocenters. The van der Waals surface area contributed by atoms with E-state index in [0.29, 0.717) is 5.13 Å². The number of carbonyl (C=O) groups excluding carboxylic acids is 1. The summed E-state index contributed by atoms with van der Waals surface area (Å²) in [4.78, 5) is 11.9. The Labute approximate surface area is 113 Å². The summed E-state index contributed by atoms with van der Waals surface area (Å²) in [6, 6.07) is 0. The molecule has 1 rings (SSSR count). The van der Waals surface area contributed by atoms with E-state index in [0.717, 1.165) is 24.3 Å². The van der Waals surface area contributed by atoms with Crippen LogP contribution in [-0.2, 0) is 11.2 Å². The van der Waals surface area contributed by atoms with Crippen LogP contribution in [0.4, 0.5) is 5.13 Å². The van der Waals surface area contributed by atoms with Gasteiger partial charge in [-0.15, -0.1) is 10.2 Å². The van der Waals surface area contributed by atoms with Crippen LogP contribution in [0.2, 0.25) is 0 Å². The molecular weight excluding hydrogens is 246 g/mol. The Kier molecular flexibility index (Phi) is 5.26. The van der Waals surface area contributed by atoms with Gasteiger partial charge in [-0.3, -0.25) is 4.79 Å². The first kappa shape index (κ1) is 15.1. The molecule has 0 spiro atoms. The summed E-state index contributed by atoms with van der Waals surface area (Å²) in [5.74, 6) is 0.124. The van der Waals surface area contributed by atoms with Crippen LogP contribution in [0, 0.1) is 11.3 Å². The van der Waals surface area contributed by atoms with Crippen molar-refractivity contribution in [1.82, 2.24) is 10.2 Å². The fourth-order valence-corrected chi connectivity index (χ4v) is 2.74. The van der Waals surface area contributed by atoms with E-state index in [1.54, 1.807) is 0 Å². The quantitative estimate of drug-likeness (QED) is 0.890. The van der Waals surface area contributed by atoms with Crippen LogP contribution in [0.1, 0.15) is 52.5 Å². The van der Waals surface area contributed by atoms with Crippen LogP contribution in [0.25, 0.3) is 0 Å². The SMILES string of the molecule is CCC(CC)C(=O)Nc1nnc(CC(C)(C)C)s1. The van der Waals surface area contributed by atoms with Crippen LogP contribution in [0.5, 0.6) is 0 Å². The second-order valence-corrected chi connectivity index (χ2v) is 6.80. The van der Waals surface area contributed by atoms with Crippen LogP contribution in [-0.4, -0.2) is 16.1 Å². The normalized spacial score (nSPS) is 11.9. The number of anilines is 1. The van der Waals surface area contributed by atoms with Gasteiger partial charge in [0.2, 0.25) is 11.0 Å². The molecule has 0 bridgehead atoms. The largest absolute Gasteiger partial charge is 0.300 e. The Morgan fingerprint density at radius 3 is 2.39 bits per heavy atom. The molecule has 0 saturated heterocycles. The van der Waals surface area contributed by atoms with Gasteiger partial charge in [0.05, 0.1) is 0 Å². The monoisotopic (exact) mass is 269 g/mol. The van der Waals surface area contributed by atoms with Crippen molar-refractivity contribution in [3.8, 4) is 0 Å². The van der Waals surface area contributed by atoms with Crippen molar-refractivity contribution >= 4 is 22.4 Å². The van der Waals surface area contributed by atoms with Gasteiger partial charge >= 0.3 is 0 Å². The van der Waals surface area contributed by atoms with Crippen LogP contribution in [0.3, 0.4) is 0 Å². The molecule has 0 aromatic carbocycles. The van der Waals surface area contributed by atoms with Gasteiger partial charge in [0.1, 0.15) is 5.01 Å². The highest BCUT2D eigenvalue weighted by Crippen LogP contribution is 2.25. The zero-order valence-electron chi connectivity index (χ0n) is 11.9. The average Bonchev–Trinajstić information content (AvgIpc) is 2.64. The highest BCUT2D eigenvalue weighted by molar-refractivity contribution is 7.15. The minimum absolute atomic E-state index is 0.0541. The van der Waals surface area contributed by atoms with E-state index in [1.165, 1.54) is 11.3 Å². The summed E-state index contributed by atoms with van der Waals surface area (Å²) in [6.07, 6.45) is 2.59. The van der Waals surface area contributed by atoms with Crippen LogP contribution < -0.4 is 5.32 Å². The third-order valence-electron chi connectivity index (χ3n) is 2.73. The lowest BCUT2D eigenvalue weighted by atomic mass is 9.93. The predicted octanol–water partition coefficient (Wildman–Crippen LogP) is 3.50. The lowest BCUT2D eigenvalue weighted by Gasteiger charge is -2.14. The van der Waals surface area contributed by atoms with Crippen molar-refractivity contribution in [2.24, 2.45) is 11.3 Å². The summed E-state index contributed by atoms with van der Waals surface area (Å²) in [5.41, 5.74) is 0.191. The van der Waals surface area contributed by atoms with Crippen LogP contribution >= 0.6 is 11.3 Å². The second-order valence-electron chi connectivity index (χ2n) is 5.74. The second kappa shape index (κ2) is 6.27. The Balaban J connectivity index is 2.61. The lowest BCUT2D eigenvalue weighted by molar-refractivity contribution is -0.120. The molecule has 0 radical (unpaired) electrons. The smallest absolute Gasteiger partial charge is 0.229 e. The third-order valence-corrected chi connectivity index (χ3v) is 3.57. The number of aromatic nitrogens is 2. The Hall–Kier alpha value is -0.970. The van der Waals surface area contributed by atoms with Crippen molar-refractivity contribution in [3.05, 3.63) is 5.01 Å². The molecule has 1 amide bonds. The van der Waals surface area contributed by atoms with Crippen molar-refractivity contribution in [3.63, 3.8) is 0 Å². The van der Waals surface area contributed by atoms with Crippen molar-refractivity contribution in [2.45, 2.75) is 53.9 Å².